The molecule has 2 aromatic carbocycles. The van der Waals surface area contributed by atoms with Crippen LogP contribution in [0.3, 0.4) is 0 Å². The summed E-state index contributed by atoms with van der Waals surface area (Å²) in [4.78, 5) is 27.5. The van der Waals surface area contributed by atoms with E-state index < -0.39 is 0 Å². The average Bonchev–Trinajstić information content (AvgIpc) is 3.11. The van der Waals surface area contributed by atoms with Gasteiger partial charge >= 0.3 is 0 Å². The molecule has 2 heterocycles. The molecule has 0 aliphatic carbocycles. The van der Waals surface area contributed by atoms with Crippen LogP contribution in [0.5, 0.6) is 0 Å². The van der Waals surface area contributed by atoms with Gasteiger partial charge in [-0.15, -0.1) is 0 Å². The van der Waals surface area contributed by atoms with Gasteiger partial charge in [0.05, 0.1) is 5.41 Å². The summed E-state index contributed by atoms with van der Waals surface area (Å²) in [5, 5.41) is 2.99. The van der Waals surface area contributed by atoms with Crippen molar-refractivity contribution in [3.05, 3.63) is 70.8 Å². The van der Waals surface area contributed by atoms with Gasteiger partial charge in [-0.3, -0.25) is 9.59 Å². The Balaban J connectivity index is 1.54. The highest BCUT2D eigenvalue weighted by molar-refractivity contribution is 5.97. The number of hydrogen-bond donors (Lipinski definition) is 1. The van der Waals surface area contributed by atoms with Gasteiger partial charge in [0.1, 0.15) is 0 Å². The topological polar surface area (TPSA) is 49.4 Å². The van der Waals surface area contributed by atoms with Crippen LogP contribution in [0.1, 0.15) is 46.3 Å². The van der Waals surface area contributed by atoms with Gasteiger partial charge in [0.25, 0.3) is 5.91 Å². The first kappa shape index (κ1) is 17.8. The van der Waals surface area contributed by atoms with Gasteiger partial charge in [0, 0.05) is 25.2 Å². The van der Waals surface area contributed by atoms with Crippen molar-refractivity contribution in [2.45, 2.75) is 32.6 Å². The van der Waals surface area contributed by atoms with Crippen molar-refractivity contribution in [1.29, 1.82) is 0 Å². The Morgan fingerprint density at radius 1 is 1.11 bits per heavy atom. The average molecular weight is 362 g/mol. The van der Waals surface area contributed by atoms with E-state index in [0.717, 1.165) is 43.4 Å². The molecule has 2 aromatic rings. The van der Waals surface area contributed by atoms with Gasteiger partial charge in [0.15, 0.2) is 0 Å². The van der Waals surface area contributed by atoms with Crippen LogP contribution < -0.4 is 5.32 Å². The number of nitrogens with one attached hydrogen (secondary N) is 1. The van der Waals surface area contributed by atoms with Gasteiger partial charge in [-0.2, -0.15) is 0 Å². The lowest BCUT2D eigenvalue weighted by Crippen LogP contribution is -2.47. The number of aryl methyl sites for hydroxylation is 1. The minimum atomic E-state index is -0.375. The smallest absolute Gasteiger partial charge is 0.254 e. The third kappa shape index (κ3) is 3.48. The molecule has 140 valence electrons. The molecule has 1 spiro atoms. The Morgan fingerprint density at radius 3 is 2.67 bits per heavy atom. The molecule has 4 nitrogen and oxygen atoms in total. The summed E-state index contributed by atoms with van der Waals surface area (Å²) in [7, 11) is 0. The van der Waals surface area contributed by atoms with Crippen LogP contribution >= 0.6 is 0 Å². The second-order valence-corrected chi connectivity index (χ2v) is 7.94. The fourth-order valence-electron chi connectivity index (χ4n) is 4.34. The lowest BCUT2D eigenvalue weighted by Gasteiger charge is -2.32. The summed E-state index contributed by atoms with van der Waals surface area (Å²) < 4.78 is 0. The van der Waals surface area contributed by atoms with Crippen LogP contribution in [-0.2, 0) is 11.2 Å². The third-order valence-corrected chi connectivity index (χ3v) is 6.00. The lowest BCUT2D eigenvalue weighted by atomic mass is 9.79. The molecule has 4 rings (SSSR count). The molecule has 2 aliphatic rings. The Kier molecular flexibility index (Phi) is 4.73. The summed E-state index contributed by atoms with van der Waals surface area (Å²) in [6.07, 6.45) is 3.39. The first-order chi connectivity index (χ1) is 13.1. The number of hydrogen-bond acceptors (Lipinski definition) is 2. The molecule has 0 saturated carbocycles. The van der Waals surface area contributed by atoms with E-state index in [-0.39, 0.29) is 17.2 Å². The molecule has 2 fully saturated rings. The first-order valence-electron chi connectivity index (χ1n) is 9.78. The number of nitrogens with zero attached hydrogens (tertiary/aromatic N) is 1. The zero-order valence-electron chi connectivity index (χ0n) is 15.8. The number of likely N-dealkylation sites (tertiary alicyclic amines) is 1. The SMILES string of the molecule is Cc1ccc(Cc2ccccc2C(=O)N2CCC3(CCCNC3=O)C2)cc1. The number of rotatable bonds is 3. The monoisotopic (exact) mass is 362 g/mol. The predicted octanol–water partition coefficient (Wildman–Crippen LogP) is 3.33. The molecular weight excluding hydrogens is 336 g/mol. The van der Waals surface area contributed by atoms with Crippen LogP contribution in [0.2, 0.25) is 0 Å². The van der Waals surface area contributed by atoms with E-state index in [1.54, 1.807) is 0 Å². The molecule has 1 N–H and O–H groups in total. The second kappa shape index (κ2) is 7.18. The molecule has 0 radical (unpaired) electrons. The normalized spacial score (nSPS) is 22.1. The first-order valence-corrected chi connectivity index (χ1v) is 9.78. The summed E-state index contributed by atoms with van der Waals surface area (Å²) in [6.45, 7) is 4.03. The third-order valence-electron chi connectivity index (χ3n) is 6.00. The summed E-state index contributed by atoms with van der Waals surface area (Å²) in [6, 6.07) is 16.3. The molecule has 1 atom stereocenters. The van der Waals surface area contributed by atoms with E-state index in [9.17, 15) is 9.59 Å². The molecule has 4 heteroatoms. The molecular formula is C23H26N2O2. The van der Waals surface area contributed by atoms with Crippen LogP contribution in [0.15, 0.2) is 48.5 Å². The van der Waals surface area contributed by atoms with E-state index in [1.807, 2.05) is 29.2 Å². The quantitative estimate of drug-likeness (QED) is 0.910. The Morgan fingerprint density at radius 2 is 1.89 bits per heavy atom. The van der Waals surface area contributed by atoms with Crippen LogP contribution in [-0.4, -0.2) is 36.3 Å². The van der Waals surface area contributed by atoms with Gasteiger partial charge in [-0.25, -0.2) is 0 Å². The summed E-state index contributed by atoms with van der Waals surface area (Å²) in [5.74, 6) is 0.171. The Hall–Kier alpha value is -2.62. The highest BCUT2D eigenvalue weighted by atomic mass is 16.2. The van der Waals surface area contributed by atoms with Crippen molar-refractivity contribution in [2.24, 2.45) is 5.41 Å². The van der Waals surface area contributed by atoms with Crippen molar-refractivity contribution in [3.63, 3.8) is 0 Å². The maximum atomic E-state index is 13.2. The minimum absolute atomic E-state index is 0.0490. The highest BCUT2D eigenvalue weighted by Crippen LogP contribution is 2.38. The Bertz CT molecular complexity index is 859. The maximum Gasteiger partial charge on any atom is 0.254 e. The van der Waals surface area contributed by atoms with Crippen LogP contribution in [0, 0.1) is 12.3 Å². The molecule has 2 amide bonds. The largest absolute Gasteiger partial charge is 0.356 e. The van der Waals surface area contributed by atoms with Crippen molar-refractivity contribution in [1.82, 2.24) is 10.2 Å². The molecule has 2 aliphatic heterocycles. The van der Waals surface area contributed by atoms with Gasteiger partial charge in [0.2, 0.25) is 5.91 Å². The molecule has 27 heavy (non-hydrogen) atoms. The summed E-state index contributed by atoms with van der Waals surface area (Å²) in [5.41, 5.74) is 3.85. The number of benzene rings is 2. The number of carbonyl (C=O) groups excluding carboxylic acids is 2. The Labute approximate surface area is 160 Å². The standard InChI is InChI=1S/C23H26N2O2/c1-17-7-9-18(10-8-17)15-19-5-2-3-6-20(19)21(26)25-14-12-23(16-25)11-4-13-24-22(23)27/h2-3,5-10H,4,11-16H2,1H3,(H,24,27). The molecule has 1 unspecified atom stereocenters. The van der Waals surface area contributed by atoms with E-state index in [1.165, 1.54) is 11.1 Å². The van der Waals surface area contributed by atoms with Crippen molar-refractivity contribution >= 4 is 11.8 Å². The van der Waals surface area contributed by atoms with Gasteiger partial charge in [-0.05, 0) is 49.8 Å². The number of carbonyl (C=O) groups is 2. The molecule has 2 saturated heterocycles. The molecule has 0 aromatic heterocycles. The van der Waals surface area contributed by atoms with E-state index in [0.29, 0.717) is 13.1 Å². The number of piperidine rings is 1. The van der Waals surface area contributed by atoms with Crippen LogP contribution in [0.4, 0.5) is 0 Å². The van der Waals surface area contributed by atoms with Gasteiger partial charge in [-0.1, -0.05) is 48.0 Å². The highest BCUT2D eigenvalue weighted by Gasteiger charge is 2.47. The maximum absolute atomic E-state index is 13.2. The van der Waals surface area contributed by atoms with E-state index in [4.69, 9.17) is 0 Å². The van der Waals surface area contributed by atoms with Crippen LogP contribution in [0.25, 0.3) is 0 Å². The molecule has 0 bridgehead atoms. The lowest BCUT2D eigenvalue weighted by molar-refractivity contribution is -0.132. The minimum Gasteiger partial charge on any atom is -0.356 e. The van der Waals surface area contributed by atoms with Gasteiger partial charge < -0.3 is 10.2 Å². The number of amides is 2. The van der Waals surface area contributed by atoms with Crippen molar-refractivity contribution in [2.75, 3.05) is 19.6 Å². The van der Waals surface area contributed by atoms with E-state index >= 15 is 0 Å². The second-order valence-electron chi connectivity index (χ2n) is 7.94. The predicted molar refractivity (Wildman–Crippen MR) is 106 cm³/mol. The fraction of sp³-hybridized carbons (Fsp3) is 0.391. The van der Waals surface area contributed by atoms with Crippen molar-refractivity contribution < 1.29 is 9.59 Å². The van der Waals surface area contributed by atoms with E-state index in [2.05, 4.69) is 36.5 Å². The summed E-state index contributed by atoms with van der Waals surface area (Å²) >= 11 is 0. The zero-order valence-corrected chi connectivity index (χ0v) is 15.8. The zero-order chi connectivity index (χ0) is 18.9. The fourth-order valence-corrected chi connectivity index (χ4v) is 4.34. The van der Waals surface area contributed by atoms with Crippen molar-refractivity contribution in [3.8, 4) is 0 Å².